The molecule has 0 saturated carbocycles. The predicted molar refractivity (Wildman–Crippen MR) is 88.8 cm³/mol. The number of rotatable bonds is 5. The van der Waals surface area contributed by atoms with Crippen molar-refractivity contribution >= 4 is 11.6 Å². The molecule has 1 saturated heterocycles. The number of hydrogen-bond donors (Lipinski definition) is 2. The fourth-order valence-corrected chi connectivity index (χ4v) is 2.92. The van der Waals surface area contributed by atoms with Crippen LogP contribution in [0.5, 0.6) is 0 Å². The number of nitrogens with zero attached hydrogens (tertiary/aromatic N) is 2. The Morgan fingerprint density at radius 2 is 2.00 bits per heavy atom. The van der Waals surface area contributed by atoms with Crippen LogP contribution >= 0.6 is 0 Å². The van der Waals surface area contributed by atoms with Crippen molar-refractivity contribution in [2.45, 2.75) is 31.8 Å². The molecule has 22 heavy (non-hydrogen) atoms. The summed E-state index contributed by atoms with van der Waals surface area (Å²) in [6.45, 7) is 6.25. The molecule has 1 aromatic carbocycles. The van der Waals surface area contributed by atoms with Crippen molar-refractivity contribution in [1.29, 1.82) is 0 Å². The third-order valence-corrected chi connectivity index (χ3v) is 4.29. The molecule has 2 rings (SSSR count). The number of para-hydroxylation sites is 1. The van der Waals surface area contributed by atoms with Crippen molar-refractivity contribution in [2.24, 2.45) is 0 Å². The Morgan fingerprint density at radius 3 is 2.64 bits per heavy atom. The minimum absolute atomic E-state index is 0.104. The fraction of sp³-hybridized carbons (Fsp3) is 0.588. The van der Waals surface area contributed by atoms with E-state index in [2.05, 4.69) is 17.3 Å². The zero-order chi connectivity index (χ0) is 16.2. The lowest BCUT2D eigenvalue weighted by molar-refractivity contribution is -0.138. The van der Waals surface area contributed by atoms with Gasteiger partial charge in [-0.2, -0.15) is 0 Å². The van der Waals surface area contributed by atoms with Gasteiger partial charge in [0, 0.05) is 38.0 Å². The molecule has 1 atom stereocenters. The molecule has 1 aromatic rings. The average molecular weight is 305 g/mol. The lowest BCUT2D eigenvalue weighted by atomic mass is 10.0. The largest absolute Gasteiger partial charge is 0.396 e. The van der Waals surface area contributed by atoms with E-state index in [0.717, 1.165) is 18.8 Å². The van der Waals surface area contributed by atoms with Crippen LogP contribution in [-0.2, 0) is 4.79 Å². The van der Waals surface area contributed by atoms with Crippen LogP contribution < -0.4 is 5.32 Å². The van der Waals surface area contributed by atoms with Crippen LogP contribution in [-0.4, -0.2) is 65.7 Å². The molecule has 1 aliphatic rings. The minimum Gasteiger partial charge on any atom is -0.396 e. The zero-order valence-electron chi connectivity index (χ0n) is 13.7. The number of piperazine rings is 1. The summed E-state index contributed by atoms with van der Waals surface area (Å²) in [6.07, 6.45) is 0.701. The SMILES string of the molecule is CN1CCN(C(=O)C(C)(C)Nc2ccccc2)C[C@H]1CCO. The zero-order valence-corrected chi connectivity index (χ0v) is 13.7. The maximum Gasteiger partial charge on any atom is 0.247 e. The molecule has 0 aromatic heterocycles. The van der Waals surface area contributed by atoms with Gasteiger partial charge in [0.25, 0.3) is 0 Å². The highest BCUT2D eigenvalue weighted by atomic mass is 16.3. The molecule has 0 bridgehead atoms. The normalized spacial score (nSPS) is 20.0. The molecule has 1 heterocycles. The Morgan fingerprint density at radius 1 is 1.32 bits per heavy atom. The van der Waals surface area contributed by atoms with E-state index in [9.17, 15) is 9.90 Å². The second-order valence-corrected chi connectivity index (χ2v) is 6.51. The standard InChI is InChI=1S/C17H27N3O2/c1-17(2,18-14-7-5-4-6-8-14)16(22)20-11-10-19(3)15(13-20)9-12-21/h4-8,15,18,21H,9-13H2,1-3H3/t15-/m1/s1. The Hall–Kier alpha value is -1.59. The Balaban J connectivity index is 2.03. The quantitative estimate of drug-likeness (QED) is 0.863. The Kier molecular flexibility index (Phi) is 5.42. The predicted octanol–water partition coefficient (Wildman–Crippen LogP) is 1.40. The molecule has 1 amide bonds. The third kappa shape index (κ3) is 3.99. The number of aliphatic hydroxyl groups excluding tert-OH is 1. The smallest absolute Gasteiger partial charge is 0.247 e. The summed E-state index contributed by atoms with van der Waals surface area (Å²) in [5.74, 6) is 0.104. The van der Waals surface area contributed by atoms with E-state index in [0.29, 0.717) is 13.0 Å². The van der Waals surface area contributed by atoms with Crippen molar-refractivity contribution < 1.29 is 9.90 Å². The summed E-state index contributed by atoms with van der Waals surface area (Å²) < 4.78 is 0. The first kappa shape index (κ1) is 16.8. The average Bonchev–Trinajstić information content (AvgIpc) is 2.49. The number of carbonyl (C=O) groups is 1. The van der Waals surface area contributed by atoms with E-state index >= 15 is 0 Å². The summed E-state index contributed by atoms with van der Waals surface area (Å²) in [4.78, 5) is 17.0. The highest BCUT2D eigenvalue weighted by molar-refractivity contribution is 5.88. The van der Waals surface area contributed by atoms with Gasteiger partial charge >= 0.3 is 0 Å². The van der Waals surface area contributed by atoms with E-state index in [4.69, 9.17) is 0 Å². The molecule has 1 fully saturated rings. The van der Waals surface area contributed by atoms with Gasteiger partial charge in [-0.15, -0.1) is 0 Å². The van der Waals surface area contributed by atoms with Gasteiger partial charge in [-0.3, -0.25) is 9.69 Å². The molecule has 0 unspecified atom stereocenters. The number of nitrogens with one attached hydrogen (secondary N) is 1. The lowest BCUT2D eigenvalue weighted by Crippen LogP contribution is -2.59. The van der Waals surface area contributed by atoms with Crippen LogP contribution in [0.2, 0.25) is 0 Å². The third-order valence-electron chi connectivity index (χ3n) is 4.29. The molecule has 0 aliphatic carbocycles. The highest BCUT2D eigenvalue weighted by Crippen LogP contribution is 2.20. The summed E-state index contributed by atoms with van der Waals surface area (Å²) >= 11 is 0. The number of hydrogen-bond acceptors (Lipinski definition) is 4. The van der Waals surface area contributed by atoms with Gasteiger partial charge in [-0.25, -0.2) is 0 Å². The summed E-state index contributed by atoms with van der Waals surface area (Å²) in [7, 11) is 2.05. The number of aliphatic hydroxyl groups is 1. The van der Waals surface area contributed by atoms with Crippen LogP contribution in [0.15, 0.2) is 30.3 Å². The summed E-state index contributed by atoms with van der Waals surface area (Å²) in [5.41, 5.74) is 0.294. The molecular weight excluding hydrogens is 278 g/mol. The fourth-order valence-electron chi connectivity index (χ4n) is 2.92. The van der Waals surface area contributed by atoms with Gasteiger partial charge in [0.15, 0.2) is 0 Å². The molecular formula is C17H27N3O2. The van der Waals surface area contributed by atoms with Gasteiger partial charge in [0.2, 0.25) is 5.91 Å². The number of carbonyl (C=O) groups excluding carboxylic acids is 1. The molecule has 1 aliphatic heterocycles. The summed E-state index contributed by atoms with van der Waals surface area (Å²) in [5, 5.41) is 12.5. The highest BCUT2D eigenvalue weighted by Gasteiger charge is 2.35. The minimum atomic E-state index is -0.652. The van der Waals surface area contributed by atoms with E-state index in [-0.39, 0.29) is 18.6 Å². The maximum absolute atomic E-state index is 12.9. The van der Waals surface area contributed by atoms with E-state index in [1.165, 1.54) is 0 Å². The van der Waals surface area contributed by atoms with E-state index in [1.54, 1.807) is 0 Å². The molecule has 5 nitrogen and oxygen atoms in total. The molecule has 5 heteroatoms. The lowest BCUT2D eigenvalue weighted by Gasteiger charge is -2.42. The van der Waals surface area contributed by atoms with Crippen LogP contribution in [0.25, 0.3) is 0 Å². The molecule has 2 N–H and O–H groups in total. The number of amides is 1. The summed E-state index contributed by atoms with van der Waals surface area (Å²) in [6, 6.07) is 10.0. The molecule has 122 valence electrons. The second kappa shape index (κ2) is 7.11. The first-order chi connectivity index (χ1) is 10.4. The second-order valence-electron chi connectivity index (χ2n) is 6.51. The number of likely N-dealkylation sites (N-methyl/N-ethyl adjacent to an activating group) is 1. The first-order valence-corrected chi connectivity index (χ1v) is 7.88. The van der Waals surface area contributed by atoms with Crippen molar-refractivity contribution in [3.8, 4) is 0 Å². The van der Waals surface area contributed by atoms with Crippen molar-refractivity contribution in [3.63, 3.8) is 0 Å². The number of anilines is 1. The van der Waals surface area contributed by atoms with Crippen LogP contribution in [0, 0.1) is 0 Å². The van der Waals surface area contributed by atoms with E-state index in [1.807, 2.05) is 49.1 Å². The van der Waals surface area contributed by atoms with Crippen molar-refractivity contribution in [3.05, 3.63) is 30.3 Å². The van der Waals surface area contributed by atoms with Crippen molar-refractivity contribution in [2.75, 3.05) is 38.6 Å². The van der Waals surface area contributed by atoms with E-state index < -0.39 is 5.54 Å². The van der Waals surface area contributed by atoms with Crippen LogP contribution in [0.4, 0.5) is 5.69 Å². The maximum atomic E-state index is 12.9. The monoisotopic (exact) mass is 305 g/mol. The topological polar surface area (TPSA) is 55.8 Å². The first-order valence-electron chi connectivity index (χ1n) is 7.88. The Bertz CT molecular complexity index is 490. The van der Waals surface area contributed by atoms with Gasteiger partial charge in [-0.05, 0) is 39.4 Å². The Labute approximate surface area is 132 Å². The van der Waals surface area contributed by atoms with Gasteiger partial charge in [0.1, 0.15) is 5.54 Å². The number of benzene rings is 1. The van der Waals surface area contributed by atoms with Gasteiger partial charge < -0.3 is 15.3 Å². The van der Waals surface area contributed by atoms with Crippen LogP contribution in [0.3, 0.4) is 0 Å². The van der Waals surface area contributed by atoms with Gasteiger partial charge in [-0.1, -0.05) is 18.2 Å². The van der Waals surface area contributed by atoms with Crippen LogP contribution in [0.1, 0.15) is 20.3 Å². The molecule has 0 spiro atoms. The van der Waals surface area contributed by atoms with Crippen molar-refractivity contribution in [1.82, 2.24) is 9.80 Å². The van der Waals surface area contributed by atoms with Gasteiger partial charge in [0.05, 0.1) is 0 Å². The molecule has 0 radical (unpaired) electrons.